The van der Waals surface area contributed by atoms with Crippen molar-refractivity contribution in [3.05, 3.63) is 35.9 Å². The molecule has 1 N–H and O–H groups in total. The third-order valence-electron chi connectivity index (χ3n) is 3.57. The Bertz CT molecular complexity index is 506. The zero-order valence-corrected chi connectivity index (χ0v) is 15.3. The fourth-order valence-corrected chi connectivity index (χ4v) is 2.38. The Kier molecular flexibility index (Phi) is 10.3. The number of rotatable bonds is 11. The van der Waals surface area contributed by atoms with Crippen molar-refractivity contribution in [2.45, 2.75) is 65.4 Å². The van der Waals surface area contributed by atoms with E-state index in [0.717, 1.165) is 24.8 Å². The second-order valence-electron chi connectivity index (χ2n) is 5.73. The van der Waals surface area contributed by atoms with Crippen LogP contribution in [0.4, 0.5) is 4.79 Å². The lowest BCUT2D eigenvalue weighted by atomic mass is 10.1. The Balaban J connectivity index is 2.60. The van der Waals surface area contributed by atoms with Crippen LogP contribution in [0.3, 0.4) is 0 Å². The van der Waals surface area contributed by atoms with Gasteiger partial charge in [-0.15, -0.1) is 0 Å². The minimum atomic E-state index is -0.728. The van der Waals surface area contributed by atoms with Crippen LogP contribution in [-0.2, 0) is 25.6 Å². The molecule has 0 heterocycles. The summed E-state index contributed by atoms with van der Waals surface area (Å²) in [5.74, 6) is -0.398. The van der Waals surface area contributed by atoms with Gasteiger partial charge in [-0.05, 0) is 25.3 Å². The summed E-state index contributed by atoms with van der Waals surface area (Å²) in [5, 5.41) is 2.66. The molecule has 0 fully saturated rings. The number of nitrogens with one attached hydrogen (secondary N) is 1. The van der Waals surface area contributed by atoms with Crippen molar-refractivity contribution in [2.24, 2.45) is 0 Å². The molecule has 1 amide bonds. The molecule has 2 unspecified atom stereocenters. The van der Waals surface area contributed by atoms with Gasteiger partial charge in [-0.25, -0.2) is 4.79 Å². The summed E-state index contributed by atoms with van der Waals surface area (Å²) in [6.45, 7) is 5.82. The monoisotopic (exact) mass is 351 g/mol. The Morgan fingerprint density at radius 3 is 2.44 bits per heavy atom. The van der Waals surface area contributed by atoms with E-state index in [2.05, 4.69) is 12.2 Å². The first-order valence-electron chi connectivity index (χ1n) is 8.82. The van der Waals surface area contributed by atoms with Crippen LogP contribution in [0, 0.1) is 0 Å². The molecule has 0 saturated heterocycles. The lowest BCUT2D eigenvalue weighted by Crippen LogP contribution is -2.47. The molecule has 0 saturated carbocycles. The zero-order chi connectivity index (χ0) is 18.5. The molecule has 6 nitrogen and oxygen atoms in total. The fourth-order valence-electron chi connectivity index (χ4n) is 2.38. The van der Waals surface area contributed by atoms with Crippen LogP contribution in [0.5, 0.6) is 0 Å². The minimum absolute atomic E-state index is 0.166. The van der Waals surface area contributed by atoms with E-state index in [4.69, 9.17) is 14.2 Å². The predicted octanol–water partition coefficient (Wildman–Crippen LogP) is 3.79. The van der Waals surface area contributed by atoms with Gasteiger partial charge in [0, 0.05) is 13.5 Å². The number of carbonyl (C=O) groups excluding carboxylic acids is 2. The van der Waals surface area contributed by atoms with E-state index in [9.17, 15) is 9.59 Å². The molecule has 0 aliphatic rings. The molecule has 140 valence electrons. The molecule has 2 atom stereocenters. The van der Waals surface area contributed by atoms with Gasteiger partial charge in [0.15, 0.2) is 6.23 Å². The summed E-state index contributed by atoms with van der Waals surface area (Å²) in [4.78, 5) is 23.4. The van der Waals surface area contributed by atoms with Crippen LogP contribution in [0.2, 0.25) is 0 Å². The highest BCUT2D eigenvalue weighted by Crippen LogP contribution is 2.13. The maximum Gasteiger partial charge on any atom is 0.409 e. The average Bonchev–Trinajstić information content (AvgIpc) is 2.59. The lowest BCUT2D eigenvalue weighted by molar-refractivity contribution is -0.157. The van der Waals surface area contributed by atoms with Crippen molar-refractivity contribution in [1.82, 2.24) is 5.32 Å². The van der Waals surface area contributed by atoms with Gasteiger partial charge in [-0.2, -0.15) is 0 Å². The molecule has 25 heavy (non-hydrogen) atoms. The van der Waals surface area contributed by atoms with Crippen LogP contribution in [0.15, 0.2) is 30.3 Å². The fraction of sp³-hybridized carbons (Fsp3) is 0.579. The molecule has 0 spiro atoms. The average molecular weight is 351 g/mol. The maximum atomic E-state index is 12.1. The van der Waals surface area contributed by atoms with E-state index in [-0.39, 0.29) is 6.61 Å². The lowest BCUT2D eigenvalue weighted by Gasteiger charge is -2.27. The molecular formula is C19H29NO5. The van der Waals surface area contributed by atoms with Gasteiger partial charge in [0.1, 0.15) is 12.7 Å². The van der Waals surface area contributed by atoms with Gasteiger partial charge in [0.2, 0.25) is 0 Å². The van der Waals surface area contributed by atoms with Crippen LogP contribution in [0.25, 0.3) is 0 Å². The molecule has 1 aromatic rings. The Labute approximate surface area is 149 Å². The molecule has 0 aromatic heterocycles. The molecule has 0 aliphatic heterocycles. The van der Waals surface area contributed by atoms with Crippen molar-refractivity contribution in [1.29, 1.82) is 0 Å². The summed E-state index contributed by atoms with van der Waals surface area (Å²) in [5.41, 5.74) is 0.894. The first-order valence-corrected chi connectivity index (χ1v) is 8.82. The van der Waals surface area contributed by atoms with Crippen molar-refractivity contribution < 1.29 is 23.8 Å². The summed E-state index contributed by atoms with van der Waals surface area (Å²) >= 11 is 0. The molecule has 0 radical (unpaired) electrons. The smallest absolute Gasteiger partial charge is 0.409 e. The van der Waals surface area contributed by atoms with Crippen molar-refractivity contribution in [3.63, 3.8) is 0 Å². The van der Waals surface area contributed by atoms with Gasteiger partial charge in [-0.3, -0.25) is 10.1 Å². The molecule has 6 heteroatoms. The van der Waals surface area contributed by atoms with Gasteiger partial charge < -0.3 is 14.2 Å². The van der Waals surface area contributed by atoms with Gasteiger partial charge >= 0.3 is 12.1 Å². The van der Waals surface area contributed by atoms with E-state index in [1.807, 2.05) is 37.3 Å². The second kappa shape index (κ2) is 12.3. The molecule has 0 bridgehead atoms. The number of unbranched alkanes of at least 4 members (excludes halogenated alkanes) is 2. The van der Waals surface area contributed by atoms with Gasteiger partial charge in [-0.1, -0.05) is 50.1 Å². The number of amides is 1. The summed E-state index contributed by atoms with van der Waals surface area (Å²) in [6, 6.07) is 9.41. The summed E-state index contributed by atoms with van der Waals surface area (Å²) in [6.07, 6.45) is 1.72. The third-order valence-corrected chi connectivity index (χ3v) is 3.57. The van der Waals surface area contributed by atoms with E-state index in [1.165, 1.54) is 6.92 Å². The van der Waals surface area contributed by atoms with Crippen molar-refractivity contribution in [2.75, 3.05) is 6.61 Å². The first kappa shape index (κ1) is 21.0. The van der Waals surface area contributed by atoms with Crippen LogP contribution in [-0.4, -0.2) is 31.0 Å². The minimum Gasteiger partial charge on any atom is -0.458 e. The molecular weight excluding hydrogens is 322 g/mol. The van der Waals surface area contributed by atoms with Gasteiger partial charge in [0.05, 0.1) is 0 Å². The highest BCUT2D eigenvalue weighted by molar-refractivity contribution is 5.68. The van der Waals surface area contributed by atoms with Crippen molar-refractivity contribution in [3.8, 4) is 0 Å². The molecule has 1 rings (SSSR count). The predicted molar refractivity (Wildman–Crippen MR) is 94.9 cm³/mol. The second-order valence-corrected chi connectivity index (χ2v) is 5.73. The van der Waals surface area contributed by atoms with E-state index < -0.39 is 24.4 Å². The quantitative estimate of drug-likeness (QED) is 0.373. The number of hydrogen-bond acceptors (Lipinski definition) is 5. The van der Waals surface area contributed by atoms with E-state index >= 15 is 0 Å². The Morgan fingerprint density at radius 2 is 1.84 bits per heavy atom. The van der Waals surface area contributed by atoms with Crippen LogP contribution < -0.4 is 5.32 Å². The molecule has 0 aliphatic carbocycles. The topological polar surface area (TPSA) is 73.9 Å². The number of ether oxygens (including phenoxy) is 3. The standard InChI is InChI=1S/C19H29NO5/c1-4-6-8-13-17(25-15(3)21)18(23-5-2)20-19(22)24-14-16-11-9-7-10-12-16/h7,9-12,17-18H,4-6,8,13-14H2,1-3H3,(H,20,22). The van der Waals surface area contributed by atoms with Crippen LogP contribution >= 0.6 is 0 Å². The van der Waals surface area contributed by atoms with E-state index in [0.29, 0.717) is 13.0 Å². The van der Waals surface area contributed by atoms with Gasteiger partial charge in [0.25, 0.3) is 0 Å². The zero-order valence-electron chi connectivity index (χ0n) is 15.3. The number of hydrogen-bond donors (Lipinski definition) is 1. The number of benzene rings is 1. The number of esters is 1. The van der Waals surface area contributed by atoms with E-state index in [1.54, 1.807) is 0 Å². The van der Waals surface area contributed by atoms with Crippen LogP contribution in [0.1, 0.15) is 52.0 Å². The Hall–Kier alpha value is -2.08. The molecule has 1 aromatic carbocycles. The maximum absolute atomic E-state index is 12.1. The number of alkyl carbamates (subject to hydrolysis) is 1. The normalized spacial score (nSPS) is 12.9. The summed E-state index contributed by atoms with van der Waals surface area (Å²) in [7, 11) is 0. The number of carbonyl (C=O) groups is 2. The summed E-state index contributed by atoms with van der Waals surface area (Å²) < 4.78 is 16.1. The first-order chi connectivity index (χ1) is 12.1. The van der Waals surface area contributed by atoms with Crippen molar-refractivity contribution >= 4 is 12.1 Å². The largest absolute Gasteiger partial charge is 0.458 e. The highest BCUT2D eigenvalue weighted by atomic mass is 16.6. The Morgan fingerprint density at radius 1 is 1.12 bits per heavy atom. The SMILES string of the molecule is CCCCCC(OC(C)=O)C(NC(=O)OCc1ccccc1)OCC. The third kappa shape index (κ3) is 9.10. The highest BCUT2D eigenvalue weighted by Gasteiger charge is 2.26.